The molecule has 160 valence electrons. The summed E-state index contributed by atoms with van der Waals surface area (Å²) in [5.74, 6) is 0.555. The van der Waals surface area contributed by atoms with E-state index in [1.54, 1.807) is 54.6 Å². The number of hydrogen-bond acceptors (Lipinski definition) is 5. The lowest BCUT2D eigenvalue weighted by Crippen LogP contribution is -2.40. The normalized spacial score (nSPS) is 14.8. The van der Waals surface area contributed by atoms with Crippen LogP contribution in [-0.2, 0) is 21.4 Å². The molecular formula is C24H23NO5S. The van der Waals surface area contributed by atoms with Crippen LogP contribution < -0.4 is 4.74 Å². The maximum absolute atomic E-state index is 12.8. The molecule has 3 aromatic rings. The fourth-order valence-corrected chi connectivity index (χ4v) is 4.84. The van der Waals surface area contributed by atoms with Crippen molar-refractivity contribution in [3.05, 3.63) is 95.6 Å². The first kappa shape index (κ1) is 21.2. The van der Waals surface area contributed by atoms with Crippen molar-refractivity contribution in [2.45, 2.75) is 11.5 Å². The van der Waals surface area contributed by atoms with Crippen molar-refractivity contribution in [1.82, 2.24) is 4.31 Å². The van der Waals surface area contributed by atoms with Crippen LogP contribution in [0.3, 0.4) is 0 Å². The molecule has 0 bridgehead atoms. The van der Waals surface area contributed by atoms with Gasteiger partial charge in [0.05, 0.1) is 18.1 Å². The highest BCUT2D eigenvalue weighted by Gasteiger charge is 2.26. The average Bonchev–Trinajstić information content (AvgIpc) is 2.84. The van der Waals surface area contributed by atoms with E-state index in [4.69, 9.17) is 9.47 Å². The highest BCUT2D eigenvalue weighted by atomic mass is 32.2. The van der Waals surface area contributed by atoms with Gasteiger partial charge in [-0.25, -0.2) is 8.42 Å². The zero-order valence-electron chi connectivity index (χ0n) is 16.9. The molecule has 0 amide bonds. The van der Waals surface area contributed by atoms with Gasteiger partial charge in [0.25, 0.3) is 0 Å². The van der Waals surface area contributed by atoms with Crippen LogP contribution in [0.25, 0.3) is 0 Å². The third-order valence-corrected chi connectivity index (χ3v) is 6.96. The van der Waals surface area contributed by atoms with Crippen LogP contribution in [0.2, 0.25) is 0 Å². The second-order valence-corrected chi connectivity index (χ2v) is 9.11. The molecular weight excluding hydrogens is 414 g/mol. The quantitative estimate of drug-likeness (QED) is 0.529. The van der Waals surface area contributed by atoms with E-state index >= 15 is 0 Å². The van der Waals surface area contributed by atoms with E-state index in [0.717, 1.165) is 5.56 Å². The molecule has 1 saturated heterocycles. The zero-order chi connectivity index (χ0) is 21.7. The van der Waals surface area contributed by atoms with Crippen LogP contribution >= 0.6 is 0 Å². The molecule has 0 spiro atoms. The Labute approximate surface area is 182 Å². The molecule has 1 aliphatic rings. The maximum Gasteiger partial charge on any atom is 0.243 e. The van der Waals surface area contributed by atoms with Crippen molar-refractivity contribution in [2.75, 3.05) is 26.3 Å². The Bertz CT molecular complexity index is 1140. The van der Waals surface area contributed by atoms with Crippen LogP contribution in [0.15, 0.2) is 83.8 Å². The molecule has 0 saturated carbocycles. The van der Waals surface area contributed by atoms with Crippen molar-refractivity contribution >= 4 is 15.8 Å². The number of sulfonamides is 1. The number of morpholine rings is 1. The van der Waals surface area contributed by atoms with E-state index < -0.39 is 10.0 Å². The molecule has 0 aliphatic carbocycles. The van der Waals surface area contributed by atoms with Crippen molar-refractivity contribution < 1.29 is 22.7 Å². The number of ether oxygens (including phenoxy) is 2. The Kier molecular flexibility index (Phi) is 6.46. The van der Waals surface area contributed by atoms with Gasteiger partial charge in [-0.1, -0.05) is 42.5 Å². The second kappa shape index (κ2) is 9.43. The second-order valence-electron chi connectivity index (χ2n) is 7.17. The summed E-state index contributed by atoms with van der Waals surface area (Å²) >= 11 is 0. The first-order valence-electron chi connectivity index (χ1n) is 10.0. The molecule has 0 atom stereocenters. The van der Waals surface area contributed by atoms with Gasteiger partial charge in [-0.3, -0.25) is 4.79 Å². The molecule has 1 fully saturated rings. The number of benzene rings is 3. The third kappa shape index (κ3) is 5.02. The van der Waals surface area contributed by atoms with Crippen molar-refractivity contribution in [3.63, 3.8) is 0 Å². The number of hydrogen-bond donors (Lipinski definition) is 0. The minimum absolute atomic E-state index is 0.0480. The molecule has 1 aliphatic heterocycles. The summed E-state index contributed by atoms with van der Waals surface area (Å²) in [6.07, 6.45) is 0. The summed E-state index contributed by atoms with van der Waals surface area (Å²) in [7, 11) is -3.55. The number of nitrogens with zero attached hydrogens (tertiary/aromatic N) is 1. The van der Waals surface area contributed by atoms with Crippen molar-refractivity contribution in [2.24, 2.45) is 0 Å². The predicted molar refractivity (Wildman–Crippen MR) is 117 cm³/mol. The molecule has 6 nitrogen and oxygen atoms in total. The lowest BCUT2D eigenvalue weighted by molar-refractivity contribution is 0.0730. The van der Waals surface area contributed by atoms with E-state index in [9.17, 15) is 13.2 Å². The fourth-order valence-electron chi connectivity index (χ4n) is 3.36. The van der Waals surface area contributed by atoms with Crippen LogP contribution in [0.1, 0.15) is 21.5 Å². The first-order valence-corrected chi connectivity index (χ1v) is 11.5. The van der Waals surface area contributed by atoms with Gasteiger partial charge in [-0.2, -0.15) is 4.31 Å². The zero-order valence-corrected chi connectivity index (χ0v) is 17.8. The fraction of sp³-hybridized carbons (Fsp3) is 0.208. The van der Waals surface area contributed by atoms with E-state index in [1.807, 2.05) is 24.3 Å². The van der Waals surface area contributed by atoms with Crippen LogP contribution in [0, 0.1) is 0 Å². The number of carbonyl (C=O) groups excluding carboxylic acids is 1. The lowest BCUT2D eigenvalue weighted by Gasteiger charge is -2.26. The van der Waals surface area contributed by atoms with Gasteiger partial charge in [0.2, 0.25) is 10.0 Å². The highest BCUT2D eigenvalue weighted by molar-refractivity contribution is 7.89. The monoisotopic (exact) mass is 437 g/mol. The minimum atomic E-state index is -3.55. The van der Waals surface area contributed by atoms with E-state index in [0.29, 0.717) is 43.2 Å². The summed E-state index contributed by atoms with van der Waals surface area (Å²) in [6, 6.07) is 22.8. The Hall–Kier alpha value is -3.00. The van der Waals surface area contributed by atoms with Gasteiger partial charge >= 0.3 is 0 Å². The largest absolute Gasteiger partial charge is 0.489 e. The molecule has 4 rings (SSSR count). The standard InChI is InChI=1S/C24H23NO5S/c26-24(20-6-2-1-3-7-20)21-9-11-22(12-10-21)30-18-19-5-4-8-23(17-19)31(27,28)25-13-15-29-16-14-25/h1-12,17H,13-16,18H2. The molecule has 7 heteroatoms. The molecule has 1 heterocycles. The average molecular weight is 438 g/mol. The molecule has 0 aromatic heterocycles. The summed E-state index contributed by atoms with van der Waals surface area (Å²) < 4.78 is 38.2. The smallest absolute Gasteiger partial charge is 0.243 e. The summed E-state index contributed by atoms with van der Waals surface area (Å²) in [5.41, 5.74) is 1.96. The number of carbonyl (C=O) groups is 1. The third-order valence-electron chi connectivity index (χ3n) is 5.06. The van der Waals surface area contributed by atoms with Crippen molar-refractivity contribution in [3.8, 4) is 5.75 Å². The summed E-state index contributed by atoms with van der Waals surface area (Å²) in [4.78, 5) is 12.7. The predicted octanol–water partition coefficient (Wildman–Crippen LogP) is 3.52. The SMILES string of the molecule is O=C(c1ccccc1)c1ccc(OCc2cccc(S(=O)(=O)N3CCOCC3)c2)cc1. The van der Waals surface area contributed by atoms with Gasteiger partial charge in [-0.15, -0.1) is 0 Å². The van der Waals surface area contributed by atoms with Gasteiger partial charge in [0.1, 0.15) is 12.4 Å². The van der Waals surface area contributed by atoms with E-state index in [-0.39, 0.29) is 17.3 Å². The van der Waals surface area contributed by atoms with Gasteiger partial charge in [0.15, 0.2) is 5.78 Å². The molecule has 3 aromatic carbocycles. The van der Waals surface area contributed by atoms with E-state index in [2.05, 4.69) is 0 Å². The van der Waals surface area contributed by atoms with Gasteiger partial charge < -0.3 is 9.47 Å². The lowest BCUT2D eigenvalue weighted by atomic mass is 10.0. The topological polar surface area (TPSA) is 72.9 Å². The van der Waals surface area contributed by atoms with Crippen LogP contribution in [0.5, 0.6) is 5.75 Å². The first-order chi connectivity index (χ1) is 15.0. The molecule has 0 radical (unpaired) electrons. The Morgan fingerprint density at radius 3 is 2.26 bits per heavy atom. The summed E-state index contributed by atoms with van der Waals surface area (Å²) in [5, 5.41) is 0. The molecule has 0 unspecified atom stereocenters. The highest BCUT2D eigenvalue weighted by Crippen LogP contribution is 2.20. The van der Waals surface area contributed by atoms with Gasteiger partial charge in [0, 0.05) is 24.2 Å². The maximum atomic E-state index is 12.8. The minimum Gasteiger partial charge on any atom is -0.489 e. The van der Waals surface area contributed by atoms with Gasteiger partial charge in [-0.05, 0) is 42.0 Å². The Morgan fingerprint density at radius 2 is 1.55 bits per heavy atom. The van der Waals surface area contributed by atoms with E-state index in [1.165, 1.54) is 4.31 Å². The number of rotatable bonds is 7. The van der Waals surface area contributed by atoms with Crippen molar-refractivity contribution in [1.29, 1.82) is 0 Å². The Balaban J connectivity index is 1.41. The van der Waals surface area contributed by atoms with Crippen LogP contribution in [0.4, 0.5) is 0 Å². The number of ketones is 1. The summed E-state index contributed by atoms with van der Waals surface area (Å²) in [6.45, 7) is 1.75. The molecule has 0 N–H and O–H groups in total. The van der Waals surface area contributed by atoms with Crippen LogP contribution in [-0.4, -0.2) is 44.8 Å². The Morgan fingerprint density at radius 1 is 0.871 bits per heavy atom. The molecule has 31 heavy (non-hydrogen) atoms.